The van der Waals surface area contributed by atoms with Gasteiger partial charge in [-0.05, 0) is 51.2 Å². The normalized spacial score (nSPS) is 29.8. The van der Waals surface area contributed by atoms with Gasteiger partial charge in [-0.15, -0.1) is 0 Å². The predicted molar refractivity (Wildman–Crippen MR) is 155 cm³/mol. The maximum Gasteiger partial charge on any atom is 0.255 e. The van der Waals surface area contributed by atoms with E-state index in [2.05, 4.69) is 5.32 Å². The molecule has 1 aromatic carbocycles. The number of phenols is 1. The second kappa shape index (κ2) is 10.4. The zero-order valence-electron chi connectivity index (χ0n) is 25.5. The molecule has 8 N–H and O–H groups in total. The topological polar surface area (TPSA) is 214 Å². The van der Waals surface area contributed by atoms with Crippen molar-refractivity contribution in [1.29, 1.82) is 0 Å². The summed E-state index contributed by atoms with van der Waals surface area (Å²) in [5, 5.41) is 59.9. The third kappa shape index (κ3) is 4.53. The quantitative estimate of drug-likeness (QED) is 0.183. The number of ketones is 2. The summed E-state index contributed by atoms with van der Waals surface area (Å²) in [4.78, 5) is 56.1. The standard InChI is InChI=1S/C30H40N4O9/c1-11-12-9-10-13(32-28(42)24(34(7)8)29(2,3)4)20(35)15(12)21(36)16-14(11)22(37)18-19(33(5)6)23(38)17(27(31)41)26(40)30(18,43)25(16)39/h9-11,14,18-19,22,24,35,37-39,43H,1-8H3,(H2,31,41)(H,32,42)/t11?,14?,18?,19-,22?,24?,30?/m0/s1. The van der Waals surface area contributed by atoms with Gasteiger partial charge < -0.3 is 36.6 Å². The molecule has 3 aliphatic carbocycles. The molecular weight excluding hydrogens is 560 g/mol. The predicted octanol–water partition coefficient (Wildman–Crippen LogP) is 0.567. The molecule has 6 unspecified atom stereocenters. The van der Waals surface area contributed by atoms with Crippen LogP contribution in [0.15, 0.2) is 34.8 Å². The third-order valence-electron chi connectivity index (χ3n) is 8.97. The molecule has 4 rings (SSSR count). The molecule has 13 nitrogen and oxygen atoms in total. The molecule has 7 atom stereocenters. The highest BCUT2D eigenvalue weighted by Crippen LogP contribution is 2.56. The minimum atomic E-state index is -3.00. The van der Waals surface area contributed by atoms with Gasteiger partial charge in [0.2, 0.25) is 11.7 Å². The number of nitrogens with two attached hydrogens (primary N) is 1. The number of anilines is 1. The van der Waals surface area contributed by atoms with Crippen molar-refractivity contribution in [3.8, 4) is 5.75 Å². The van der Waals surface area contributed by atoms with Crippen LogP contribution < -0.4 is 11.1 Å². The molecule has 0 saturated carbocycles. The summed E-state index contributed by atoms with van der Waals surface area (Å²) in [6.45, 7) is 7.27. The average molecular weight is 601 g/mol. The van der Waals surface area contributed by atoms with Crippen molar-refractivity contribution < 1.29 is 44.7 Å². The SMILES string of the molecule is CC1c2ccc(NC(=O)C(N(C)C)C(C)(C)C)c(O)c2C(=O)C2=C(O)C3(O)C(=O)C(C(N)=O)=C(O)[C@@H](N(C)C)C3C(O)C21. The van der Waals surface area contributed by atoms with Crippen LogP contribution in [-0.2, 0) is 14.4 Å². The van der Waals surface area contributed by atoms with E-state index in [1.54, 1.807) is 25.9 Å². The number of benzene rings is 1. The zero-order valence-corrected chi connectivity index (χ0v) is 25.5. The van der Waals surface area contributed by atoms with Gasteiger partial charge in [-0.25, -0.2) is 0 Å². The van der Waals surface area contributed by atoms with Crippen LogP contribution >= 0.6 is 0 Å². The number of aliphatic hydroxyl groups excluding tert-OH is 3. The number of Topliss-reactive ketones (excluding diaryl/α,β-unsaturated/α-hetero) is 2. The lowest BCUT2D eigenvalue weighted by atomic mass is 9.55. The fourth-order valence-electron chi connectivity index (χ4n) is 7.33. The first kappa shape index (κ1) is 32.1. The summed E-state index contributed by atoms with van der Waals surface area (Å²) in [5.41, 5.74) is 0.318. The average Bonchev–Trinajstić information content (AvgIpc) is 2.86. The minimum Gasteiger partial charge on any atom is -0.510 e. The maximum atomic E-state index is 14.0. The van der Waals surface area contributed by atoms with Crippen molar-refractivity contribution in [1.82, 2.24) is 9.80 Å². The van der Waals surface area contributed by atoms with E-state index < -0.39 is 98.8 Å². The number of primary amides is 1. The molecule has 0 radical (unpaired) electrons. The number of aliphatic hydroxyl groups is 4. The van der Waals surface area contributed by atoms with Gasteiger partial charge in [0, 0.05) is 11.5 Å². The van der Waals surface area contributed by atoms with E-state index in [1.807, 2.05) is 20.8 Å². The number of carbonyl (C=O) groups excluding carboxylic acids is 4. The molecule has 0 fully saturated rings. The van der Waals surface area contributed by atoms with E-state index in [-0.39, 0.29) is 11.3 Å². The Bertz CT molecular complexity index is 1490. The van der Waals surface area contributed by atoms with Gasteiger partial charge in [0.1, 0.15) is 17.1 Å². The van der Waals surface area contributed by atoms with Crippen molar-refractivity contribution in [2.75, 3.05) is 33.5 Å². The van der Waals surface area contributed by atoms with E-state index in [9.17, 15) is 44.7 Å². The third-order valence-corrected chi connectivity index (χ3v) is 8.97. The number of nitrogens with zero attached hydrogens (tertiary/aromatic N) is 2. The van der Waals surface area contributed by atoms with Crippen LogP contribution in [0.4, 0.5) is 5.69 Å². The molecular formula is C30H40N4O9. The summed E-state index contributed by atoms with van der Waals surface area (Å²) in [6, 6.07) is 1.01. The van der Waals surface area contributed by atoms with E-state index in [0.29, 0.717) is 5.56 Å². The molecule has 0 aromatic heterocycles. The second-order valence-corrected chi connectivity index (χ2v) is 13.2. The highest BCUT2D eigenvalue weighted by Gasteiger charge is 2.67. The highest BCUT2D eigenvalue weighted by atomic mass is 16.4. The van der Waals surface area contributed by atoms with Gasteiger partial charge in [0.15, 0.2) is 17.1 Å². The lowest BCUT2D eigenvalue weighted by Crippen LogP contribution is -2.68. The van der Waals surface area contributed by atoms with Gasteiger partial charge >= 0.3 is 0 Å². The lowest BCUT2D eigenvalue weighted by molar-refractivity contribution is -0.162. The molecule has 0 heterocycles. The van der Waals surface area contributed by atoms with Crippen LogP contribution in [0.25, 0.3) is 0 Å². The molecule has 0 saturated heterocycles. The van der Waals surface area contributed by atoms with Crippen molar-refractivity contribution >= 4 is 29.1 Å². The molecule has 0 bridgehead atoms. The molecule has 13 heteroatoms. The Kier molecular flexibility index (Phi) is 7.80. The van der Waals surface area contributed by atoms with Gasteiger partial charge in [0.25, 0.3) is 5.91 Å². The Morgan fingerprint density at radius 3 is 2.14 bits per heavy atom. The van der Waals surface area contributed by atoms with E-state index in [0.717, 1.165) is 0 Å². The molecule has 0 aliphatic heterocycles. The van der Waals surface area contributed by atoms with Crippen molar-refractivity contribution in [2.45, 2.75) is 57.4 Å². The van der Waals surface area contributed by atoms with Crippen LogP contribution in [0.5, 0.6) is 5.75 Å². The molecule has 2 amide bonds. The number of amides is 2. The summed E-state index contributed by atoms with van der Waals surface area (Å²) in [5.74, 6) is -10.3. The smallest absolute Gasteiger partial charge is 0.255 e. The zero-order chi connectivity index (χ0) is 32.7. The number of hydrogen-bond donors (Lipinski definition) is 7. The summed E-state index contributed by atoms with van der Waals surface area (Å²) < 4.78 is 0. The number of likely N-dealkylation sites (N-methyl/N-ethyl adjacent to an activating group) is 2. The summed E-state index contributed by atoms with van der Waals surface area (Å²) >= 11 is 0. The van der Waals surface area contributed by atoms with E-state index >= 15 is 0 Å². The maximum absolute atomic E-state index is 14.0. The molecule has 234 valence electrons. The van der Waals surface area contributed by atoms with Gasteiger partial charge in [0.05, 0.1) is 35.4 Å². The van der Waals surface area contributed by atoms with Gasteiger partial charge in [-0.2, -0.15) is 0 Å². The Labute approximate surface area is 249 Å². The largest absolute Gasteiger partial charge is 0.510 e. The number of carbonyl (C=O) groups is 4. The Hall–Kier alpha value is -3.78. The monoisotopic (exact) mass is 600 g/mol. The number of phenolic OH excluding ortho intramolecular Hbond substituents is 1. The van der Waals surface area contributed by atoms with E-state index in [1.165, 1.54) is 31.1 Å². The van der Waals surface area contributed by atoms with Crippen LogP contribution in [0.3, 0.4) is 0 Å². The first-order chi connectivity index (χ1) is 19.7. The number of fused-ring (bicyclic) bond motifs is 3. The lowest BCUT2D eigenvalue weighted by Gasteiger charge is -2.53. The van der Waals surface area contributed by atoms with Crippen LogP contribution in [0, 0.1) is 17.3 Å². The van der Waals surface area contributed by atoms with Crippen LogP contribution in [-0.4, -0.2) is 111 Å². The molecule has 1 aromatic rings. The van der Waals surface area contributed by atoms with Crippen LogP contribution in [0.2, 0.25) is 0 Å². The van der Waals surface area contributed by atoms with Gasteiger partial charge in [-0.3, -0.25) is 29.0 Å². The van der Waals surface area contributed by atoms with E-state index in [4.69, 9.17) is 5.73 Å². The number of aromatic hydroxyl groups is 1. The summed E-state index contributed by atoms with van der Waals surface area (Å²) in [6.07, 6.45) is -1.69. The van der Waals surface area contributed by atoms with Crippen molar-refractivity contribution in [3.63, 3.8) is 0 Å². The molecule has 3 aliphatic rings. The molecule has 0 spiro atoms. The first-order valence-corrected chi connectivity index (χ1v) is 13.9. The first-order valence-electron chi connectivity index (χ1n) is 13.9. The van der Waals surface area contributed by atoms with Crippen LogP contribution in [0.1, 0.15) is 49.5 Å². The number of rotatable bonds is 5. The fraction of sp³-hybridized carbons (Fsp3) is 0.533. The second-order valence-electron chi connectivity index (χ2n) is 13.2. The molecule has 43 heavy (non-hydrogen) atoms. The minimum absolute atomic E-state index is 0.0721. The van der Waals surface area contributed by atoms with Gasteiger partial charge in [-0.1, -0.05) is 33.8 Å². The Balaban J connectivity index is 1.90. The fourth-order valence-corrected chi connectivity index (χ4v) is 7.33. The summed E-state index contributed by atoms with van der Waals surface area (Å²) in [7, 11) is 6.41. The van der Waals surface area contributed by atoms with Crippen molar-refractivity contribution in [3.05, 3.63) is 45.9 Å². The number of nitrogens with one attached hydrogen (secondary N) is 1. The Morgan fingerprint density at radius 1 is 1.07 bits per heavy atom. The number of hydrogen-bond acceptors (Lipinski definition) is 11. The van der Waals surface area contributed by atoms with Crippen molar-refractivity contribution in [2.24, 2.45) is 23.0 Å². The Morgan fingerprint density at radius 2 is 1.65 bits per heavy atom. The highest BCUT2D eigenvalue weighted by molar-refractivity contribution is 6.25.